The molecule has 0 fully saturated rings. The maximum atomic E-state index is 11.0. The quantitative estimate of drug-likeness (QED) is 0.820. The molecule has 6 nitrogen and oxygen atoms in total. The number of hydrogen-bond donors (Lipinski definition) is 2. The van der Waals surface area contributed by atoms with Gasteiger partial charge in [0.2, 0.25) is 0 Å². The van der Waals surface area contributed by atoms with E-state index in [1.165, 1.54) is 0 Å². The van der Waals surface area contributed by atoms with Crippen molar-refractivity contribution in [3.8, 4) is 11.3 Å². The average Bonchev–Trinajstić information content (AvgIpc) is 2.47. The second-order valence-electron chi connectivity index (χ2n) is 4.36. The summed E-state index contributed by atoms with van der Waals surface area (Å²) >= 11 is 0. The fourth-order valence-corrected chi connectivity index (χ4v) is 1.95. The van der Waals surface area contributed by atoms with Gasteiger partial charge in [-0.3, -0.25) is 9.97 Å². The van der Waals surface area contributed by atoms with Crippen molar-refractivity contribution >= 4 is 11.8 Å². The number of anilines is 1. The van der Waals surface area contributed by atoms with Gasteiger partial charge in [0.15, 0.2) is 0 Å². The molecule has 0 radical (unpaired) electrons. The summed E-state index contributed by atoms with van der Waals surface area (Å²) in [5, 5.41) is 0. The van der Waals surface area contributed by atoms with Crippen molar-refractivity contribution in [1.29, 1.82) is 0 Å². The van der Waals surface area contributed by atoms with E-state index in [-0.39, 0.29) is 0 Å². The Morgan fingerprint density at radius 1 is 1.38 bits per heavy atom. The van der Waals surface area contributed by atoms with Crippen LogP contribution in [0.5, 0.6) is 0 Å². The van der Waals surface area contributed by atoms with Crippen LogP contribution in [-0.2, 0) is 4.74 Å². The number of carbonyl (C=O) groups excluding carboxylic acids is 1. The molecule has 2 heterocycles. The number of primary amides is 1. The number of nitrogens with zero attached hydrogens (tertiary/aromatic N) is 2. The molecule has 0 bridgehead atoms. The van der Waals surface area contributed by atoms with E-state index in [2.05, 4.69) is 16.5 Å². The van der Waals surface area contributed by atoms with Crippen molar-refractivity contribution in [2.75, 3.05) is 5.73 Å². The molecular weight excluding hydrogens is 268 g/mol. The van der Waals surface area contributed by atoms with E-state index >= 15 is 0 Å². The van der Waals surface area contributed by atoms with Crippen LogP contribution in [0.4, 0.5) is 10.5 Å². The lowest BCUT2D eigenvalue weighted by molar-refractivity contribution is 0.106. The van der Waals surface area contributed by atoms with Gasteiger partial charge in [-0.2, -0.15) is 0 Å². The summed E-state index contributed by atoms with van der Waals surface area (Å²) in [6.07, 6.45) is 3.89. The predicted octanol–water partition coefficient (Wildman–Crippen LogP) is 2.44. The zero-order valence-electron chi connectivity index (χ0n) is 11.4. The lowest BCUT2D eigenvalue weighted by Gasteiger charge is -2.15. The van der Waals surface area contributed by atoms with E-state index in [4.69, 9.17) is 16.2 Å². The van der Waals surface area contributed by atoms with Crippen LogP contribution >= 0.6 is 0 Å². The molecule has 2 aromatic heterocycles. The highest BCUT2D eigenvalue weighted by Gasteiger charge is 2.16. The number of ether oxygens (including phenoxy) is 1. The molecule has 0 saturated heterocycles. The molecule has 2 rings (SSSR count). The summed E-state index contributed by atoms with van der Waals surface area (Å²) in [5.74, 6) is 0. The molecule has 108 valence electrons. The second-order valence-corrected chi connectivity index (χ2v) is 4.36. The number of hydrogen-bond acceptors (Lipinski definition) is 5. The van der Waals surface area contributed by atoms with E-state index in [0.29, 0.717) is 23.5 Å². The summed E-state index contributed by atoms with van der Waals surface area (Å²) in [7, 11) is 0. The minimum Gasteiger partial charge on any atom is -0.440 e. The molecule has 0 aromatic carbocycles. The summed E-state index contributed by atoms with van der Waals surface area (Å²) in [6.45, 7) is 3.64. The highest BCUT2D eigenvalue weighted by atomic mass is 16.6. The van der Waals surface area contributed by atoms with Crippen molar-refractivity contribution < 1.29 is 9.53 Å². The Bertz CT molecular complexity index is 658. The number of aromatic nitrogens is 2. The zero-order valence-corrected chi connectivity index (χ0v) is 11.4. The largest absolute Gasteiger partial charge is 0.440 e. The minimum atomic E-state index is -0.855. The first-order valence-electron chi connectivity index (χ1n) is 6.35. The van der Waals surface area contributed by atoms with Crippen molar-refractivity contribution in [2.45, 2.75) is 12.5 Å². The summed E-state index contributed by atoms with van der Waals surface area (Å²) in [6, 6.07) is 7.09. The standard InChI is InChI=1S/C15H16N4O2/c1-2-4-13(21-15(17)20)12-9-10(6-8-18-12)14-11(16)5-3-7-19-14/h2-3,5-9,13H,1,4,16H2,(H2,17,20). The van der Waals surface area contributed by atoms with Gasteiger partial charge < -0.3 is 16.2 Å². The van der Waals surface area contributed by atoms with E-state index in [1.807, 2.05) is 0 Å². The first kappa shape index (κ1) is 14.5. The summed E-state index contributed by atoms with van der Waals surface area (Å²) in [5.41, 5.74) is 13.6. The SMILES string of the molecule is C=CCC(OC(N)=O)c1cc(-c2ncccc2N)ccn1. The topological polar surface area (TPSA) is 104 Å². The maximum absolute atomic E-state index is 11.0. The smallest absolute Gasteiger partial charge is 0.405 e. The van der Waals surface area contributed by atoms with Gasteiger partial charge in [-0.15, -0.1) is 6.58 Å². The normalized spacial score (nSPS) is 11.6. The van der Waals surface area contributed by atoms with Crippen molar-refractivity contribution in [3.63, 3.8) is 0 Å². The van der Waals surface area contributed by atoms with Crippen molar-refractivity contribution in [3.05, 3.63) is 55.0 Å². The lowest BCUT2D eigenvalue weighted by Crippen LogP contribution is -2.17. The third-order valence-corrected chi connectivity index (χ3v) is 2.86. The Hall–Kier alpha value is -2.89. The molecule has 0 saturated carbocycles. The Labute approximate surface area is 122 Å². The van der Waals surface area contributed by atoms with Crippen molar-refractivity contribution in [1.82, 2.24) is 9.97 Å². The van der Waals surface area contributed by atoms with Gasteiger partial charge in [-0.25, -0.2) is 4.79 Å². The van der Waals surface area contributed by atoms with Gasteiger partial charge in [-0.1, -0.05) is 6.08 Å². The highest BCUT2D eigenvalue weighted by Crippen LogP contribution is 2.27. The van der Waals surface area contributed by atoms with Gasteiger partial charge in [0.05, 0.1) is 17.1 Å². The molecule has 1 unspecified atom stereocenters. The molecule has 6 heteroatoms. The molecule has 1 amide bonds. The van der Waals surface area contributed by atoms with Crippen LogP contribution in [0.3, 0.4) is 0 Å². The fraction of sp³-hybridized carbons (Fsp3) is 0.133. The van der Waals surface area contributed by atoms with E-state index < -0.39 is 12.2 Å². The number of pyridine rings is 2. The van der Waals surface area contributed by atoms with Gasteiger partial charge in [0, 0.05) is 24.4 Å². The third kappa shape index (κ3) is 3.56. The molecule has 4 N–H and O–H groups in total. The number of nitrogens with two attached hydrogens (primary N) is 2. The Balaban J connectivity index is 2.38. The number of rotatable bonds is 5. The van der Waals surface area contributed by atoms with E-state index in [0.717, 1.165) is 5.56 Å². The van der Waals surface area contributed by atoms with Crippen LogP contribution in [0.2, 0.25) is 0 Å². The van der Waals surface area contributed by atoms with Crippen LogP contribution in [0.1, 0.15) is 18.2 Å². The minimum absolute atomic E-state index is 0.414. The van der Waals surface area contributed by atoms with Crippen LogP contribution in [0, 0.1) is 0 Å². The van der Waals surface area contributed by atoms with E-state index in [1.54, 1.807) is 42.7 Å². The van der Waals surface area contributed by atoms with Gasteiger partial charge in [-0.05, 0) is 24.3 Å². The molecule has 0 aliphatic rings. The molecule has 0 spiro atoms. The molecular formula is C15H16N4O2. The fourth-order valence-electron chi connectivity index (χ4n) is 1.95. The molecule has 21 heavy (non-hydrogen) atoms. The Morgan fingerprint density at radius 2 is 2.19 bits per heavy atom. The number of carbonyl (C=O) groups is 1. The monoisotopic (exact) mass is 284 g/mol. The first-order chi connectivity index (χ1) is 10.1. The Morgan fingerprint density at radius 3 is 2.86 bits per heavy atom. The van der Waals surface area contributed by atoms with Crippen LogP contribution < -0.4 is 11.5 Å². The Kier molecular flexibility index (Phi) is 4.50. The summed E-state index contributed by atoms with van der Waals surface area (Å²) < 4.78 is 5.05. The van der Waals surface area contributed by atoms with Crippen LogP contribution in [-0.4, -0.2) is 16.1 Å². The number of nitrogen functional groups attached to an aromatic ring is 1. The van der Waals surface area contributed by atoms with Gasteiger partial charge in [0.1, 0.15) is 6.10 Å². The number of amides is 1. The average molecular weight is 284 g/mol. The molecule has 1 atom stereocenters. The van der Waals surface area contributed by atoms with Crippen LogP contribution in [0.15, 0.2) is 49.3 Å². The third-order valence-electron chi connectivity index (χ3n) is 2.86. The second kappa shape index (κ2) is 6.51. The zero-order chi connectivity index (χ0) is 15.2. The summed E-state index contributed by atoms with van der Waals surface area (Å²) in [4.78, 5) is 19.4. The molecule has 0 aliphatic carbocycles. The van der Waals surface area contributed by atoms with Gasteiger partial charge >= 0.3 is 6.09 Å². The van der Waals surface area contributed by atoms with Crippen LogP contribution in [0.25, 0.3) is 11.3 Å². The first-order valence-corrected chi connectivity index (χ1v) is 6.35. The maximum Gasteiger partial charge on any atom is 0.405 e. The van der Waals surface area contributed by atoms with Gasteiger partial charge in [0.25, 0.3) is 0 Å². The van der Waals surface area contributed by atoms with E-state index in [9.17, 15) is 4.79 Å². The molecule has 0 aliphatic heterocycles. The highest BCUT2D eigenvalue weighted by molar-refractivity contribution is 5.72. The molecule has 2 aromatic rings. The van der Waals surface area contributed by atoms with Crippen molar-refractivity contribution in [2.24, 2.45) is 5.73 Å². The lowest BCUT2D eigenvalue weighted by atomic mass is 10.1. The predicted molar refractivity (Wildman–Crippen MR) is 80.1 cm³/mol.